The van der Waals surface area contributed by atoms with Crippen LogP contribution < -0.4 is 0 Å². The first-order chi connectivity index (χ1) is 8.31. The number of aryl methyl sites for hydroxylation is 1. The predicted molar refractivity (Wildman–Crippen MR) is 75.0 cm³/mol. The maximum atomic E-state index is 14.3. The third kappa shape index (κ3) is 3.03. The zero-order valence-electron chi connectivity index (χ0n) is 12.0. The topological polar surface area (TPSA) is 25.2 Å². The van der Waals surface area contributed by atoms with Gasteiger partial charge in [-0.3, -0.25) is 9.98 Å². The third-order valence-electron chi connectivity index (χ3n) is 2.97. The van der Waals surface area contributed by atoms with E-state index in [1.807, 2.05) is 32.9 Å². The molecule has 0 aliphatic carbocycles. The first kappa shape index (κ1) is 14.6. The Morgan fingerprint density at radius 2 is 2.06 bits per heavy atom. The Bertz CT molecular complexity index is 494. The fourth-order valence-electron chi connectivity index (χ4n) is 1.88. The second kappa shape index (κ2) is 5.42. The quantitative estimate of drug-likeness (QED) is 0.743. The van der Waals surface area contributed by atoms with Gasteiger partial charge >= 0.3 is 0 Å². The van der Waals surface area contributed by atoms with Crippen molar-refractivity contribution in [2.45, 2.75) is 40.3 Å². The lowest BCUT2D eigenvalue weighted by Crippen LogP contribution is -2.17. The summed E-state index contributed by atoms with van der Waals surface area (Å²) in [5.74, 6) is 0. The Hall–Kier alpha value is -1.51. The number of halogens is 1. The molecule has 18 heavy (non-hydrogen) atoms. The van der Waals surface area contributed by atoms with Crippen LogP contribution in [0.3, 0.4) is 0 Å². The van der Waals surface area contributed by atoms with E-state index >= 15 is 0 Å². The fraction of sp³-hybridized carbons (Fsp3) is 0.467. The summed E-state index contributed by atoms with van der Waals surface area (Å²) in [5.41, 5.74) is 2.70. The maximum absolute atomic E-state index is 14.3. The molecule has 98 valence electrons. The van der Waals surface area contributed by atoms with Gasteiger partial charge in [0.05, 0.1) is 5.71 Å². The number of alkyl halides is 1. The number of hydrogen-bond donors (Lipinski definition) is 0. The van der Waals surface area contributed by atoms with Crippen molar-refractivity contribution in [1.82, 2.24) is 4.98 Å². The van der Waals surface area contributed by atoms with Crippen molar-refractivity contribution in [3.8, 4) is 0 Å². The molecule has 0 bridgehead atoms. The highest BCUT2D eigenvalue weighted by molar-refractivity contribution is 6.13. The van der Waals surface area contributed by atoms with Gasteiger partial charge in [-0.1, -0.05) is 6.08 Å². The smallest absolute Gasteiger partial charge is 0.132 e. The lowest BCUT2D eigenvalue weighted by Gasteiger charge is -2.20. The third-order valence-corrected chi connectivity index (χ3v) is 2.97. The van der Waals surface area contributed by atoms with Gasteiger partial charge in [0.1, 0.15) is 5.67 Å². The first-order valence-corrected chi connectivity index (χ1v) is 6.07. The molecule has 0 aromatic carbocycles. The van der Waals surface area contributed by atoms with E-state index in [-0.39, 0.29) is 0 Å². The van der Waals surface area contributed by atoms with E-state index < -0.39 is 5.67 Å². The van der Waals surface area contributed by atoms with Crippen LogP contribution in [0.1, 0.15) is 44.5 Å². The van der Waals surface area contributed by atoms with Crippen LogP contribution in [0.15, 0.2) is 28.9 Å². The van der Waals surface area contributed by atoms with Crippen molar-refractivity contribution in [2.24, 2.45) is 4.99 Å². The Morgan fingerprint density at radius 3 is 2.50 bits per heavy atom. The highest BCUT2D eigenvalue weighted by Crippen LogP contribution is 2.29. The van der Waals surface area contributed by atoms with E-state index in [1.165, 1.54) is 0 Å². The maximum Gasteiger partial charge on any atom is 0.132 e. The largest absolute Gasteiger partial charge is 0.288 e. The van der Waals surface area contributed by atoms with Gasteiger partial charge in [-0.05, 0) is 46.3 Å². The second-order valence-electron chi connectivity index (χ2n) is 4.89. The summed E-state index contributed by atoms with van der Waals surface area (Å²) in [7, 11) is 1.73. The van der Waals surface area contributed by atoms with Crippen molar-refractivity contribution in [1.29, 1.82) is 0 Å². The normalized spacial score (nSPS) is 13.9. The molecule has 0 saturated carbocycles. The molecule has 0 aliphatic heterocycles. The molecule has 0 fully saturated rings. The lowest BCUT2D eigenvalue weighted by molar-refractivity contribution is 0.220. The summed E-state index contributed by atoms with van der Waals surface area (Å²) in [6.07, 6.45) is 3.59. The number of aromatic nitrogens is 1. The molecule has 0 spiro atoms. The molecular weight excluding hydrogens is 227 g/mol. The average molecular weight is 248 g/mol. The summed E-state index contributed by atoms with van der Waals surface area (Å²) >= 11 is 0. The van der Waals surface area contributed by atoms with E-state index in [9.17, 15) is 4.39 Å². The number of aliphatic imine (C=N–C) groups is 1. The predicted octanol–water partition coefficient (Wildman–Crippen LogP) is 3.98. The Morgan fingerprint density at radius 1 is 1.44 bits per heavy atom. The molecule has 0 unspecified atom stereocenters. The van der Waals surface area contributed by atoms with Crippen LogP contribution in [0, 0.1) is 6.92 Å². The van der Waals surface area contributed by atoms with Crippen molar-refractivity contribution in [2.75, 3.05) is 7.05 Å². The van der Waals surface area contributed by atoms with Gasteiger partial charge in [-0.15, -0.1) is 0 Å². The highest BCUT2D eigenvalue weighted by Gasteiger charge is 2.25. The Balaban J connectivity index is 3.52. The molecule has 1 heterocycles. The zero-order valence-corrected chi connectivity index (χ0v) is 12.0. The van der Waals surface area contributed by atoms with E-state index in [4.69, 9.17) is 0 Å². The van der Waals surface area contributed by atoms with Crippen LogP contribution in [0.5, 0.6) is 0 Å². The van der Waals surface area contributed by atoms with Gasteiger partial charge in [0.15, 0.2) is 0 Å². The number of pyridine rings is 1. The summed E-state index contributed by atoms with van der Waals surface area (Å²) in [6, 6.07) is 1.89. The van der Waals surface area contributed by atoms with Crippen molar-refractivity contribution < 1.29 is 4.39 Å². The van der Waals surface area contributed by atoms with Crippen molar-refractivity contribution in [3.63, 3.8) is 0 Å². The molecule has 0 amide bonds. The van der Waals surface area contributed by atoms with Crippen LogP contribution in [-0.4, -0.2) is 17.7 Å². The van der Waals surface area contributed by atoms with Gasteiger partial charge in [0, 0.05) is 30.1 Å². The van der Waals surface area contributed by atoms with Gasteiger partial charge in [0.25, 0.3) is 0 Å². The minimum absolute atomic E-state index is 0.579. The summed E-state index contributed by atoms with van der Waals surface area (Å²) in [4.78, 5) is 8.49. The Labute approximate surface area is 109 Å². The van der Waals surface area contributed by atoms with Crippen LogP contribution in [0.25, 0.3) is 0 Å². The molecule has 1 aromatic heterocycles. The van der Waals surface area contributed by atoms with Gasteiger partial charge in [0.2, 0.25) is 0 Å². The van der Waals surface area contributed by atoms with Crippen LogP contribution in [-0.2, 0) is 5.67 Å². The summed E-state index contributed by atoms with van der Waals surface area (Å²) < 4.78 is 14.3. The molecule has 2 nitrogen and oxygen atoms in total. The Kier molecular flexibility index (Phi) is 4.38. The molecule has 0 radical (unpaired) electrons. The number of rotatable bonds is 3. The summed E-state index contributed by atoms with van der Waals surface area (Å²) in [5, 5.41) is 0. The molecule has 0 saturated heterocycles. The molecular formula is C15H21FN2. The first-order valence-electron chi connectivity index (χ1n) is 6.07. The molecule has 0 N–H and O–H groups in total. The SMILES string of the molecule is C/C=C(C)\C(=N/C)c1cc(C)ncc1C(C)(C)F. The van der Waals surface area contributed by atoms with Gasteiger partial charge in [-0.2, -0.15) is 0 Å². The monoisotopic (exact) mass is 248 g/mol. The van der Waals surface area contributed by atoms with Crippen molar-refractivity contribution >= 4 is 5.71 Å². The molecule has 1 rings (SSSR count). The average Bonchev–Trinajstić information content (AvgIpc) is 2.28. The minimum Gasteiger partial charge on any atom is -0.288 e. The van der Waals surface area contributed by atoms with E-state index in [1.54, 1.807) is 27.1 Å². The van der Waals surface area contributed by atoms with E-state index in [0.717, 1.165) is 22.5 Å². The highest BCUT2D eigenvalue weighted by atomic mass is 19.1. The molecule has 0 atom stereocenters. The van der Waals surface area contributed by atoms with Gasteiger partial charge in [-0.25, -0.2) is 4.39 Å². The lowest BCUT2D eigenvalue weighted by atomic mass is 9.91. The summed E-state index contributed by atoms with van der Waals surface area (Å²) in [6.45, 7) is 8.92. The second-order valence-corrected chi connectivity index (χ2v) is 4.89. The van der Waals surface area contributed by atoms with Crippen LogP contribution >= 0.6 is 0 Å². The number of hydrogen-bond acceptors (Lipinski definition) is 2. The molecule has 3 heteroatoms. The minimum atomic E-state index is -1.43. The van der Waals surface area contributed by atoms with Crippen LogP contribution in [0.2, 0.25) is 0 Å². The number of nitrogens with zero attached hydrogens (tertiary/aromatic N) is 2. The number of allylic oxidation sites excluding steroid dienone is 2. The zero-order chi connectivity index (χ0) is 13.9. The van der Waals surface area contributed by atoms with Crippen molar-refractivity contribution in [3.05, 3.63) is 40.7 Å². The van der Waals surface area contributed by atoms with E-state index in [0.29, 0.717) is 5.56 Å². The molecule has 0 aliphatic rings. The van der Waals surface area contributed by atoms with E-state index in [2.05, 4.69) is 9.98 Å². The fourth-order valence-corrected chi connectivity index (χ4v) is 1.88. The van der Waals surface area contributed by atoms with Gasteiger partial charge < -0.3 is 0 Å². The molecule has 1 aromatic rings. The van der Waals surface area contributed by atoms with Crippen LogP contribution in [0.4, 0.5) is 4.39 Å². The standard InChI is InChI=1S/C15H21FN2/c1-7-10(2)14(17-6)12-8-11(3)18-9-13(12)15(4,5)16/h7-9H,1-6H3/b10-7-,17-14+.